The number of rotatable bonds is 5. The maximum absolute atomic E-state index is 12.5. The van der Waals surface area contributed by atoms with Gasteiger partial charge in [-0.2, -0.15) is 5.10 Å². The van der Waals surface area contributed by atoms with Gasteiger partial charge in [0.2, 0.25) is 5.95 Å². The first-order valence-corrected chi connectivity index (χ1v) is 9.26. The number of aromatic amines is 1. The van der Waals surface area contributed by atoms with Crippen molar-refractivity contribution in [2.45, 2.75) is 13.1 Å². The summed E-state index contributed by atoms with van der Waals surface area (Å²) >= 11 is 13.4. The summed E-state index contributed by atoms with van der Waals surface area (Å²) in [6.45, 7) is 0.876. The number of halogens is 2. The van der Waals surface area contributed by atoms with Crippen molar-refractivity contribution in [1.29, 1.82) is 0 Å². The van der Waals surface area contributed by atoms with E-state index < -0.39 is 0 Å². The second kappa shape index (κ2) is 7.06. The van der Waals surface area contributed by atoms with Crippen molar-refractivity contribution in [1.82, 2.24) is 24.7 Å². The third-order valence-corrected chi connectivity index (χ3v) is 5.22. The molecule has 4 rings (SSSR count). The Hall–Kier alpha value is -2.42. The first-order chi connectivity index (χ1) is 12.6. The van der Waals surface area contributed by atoms with Gasteiger partial charge in [0, 0.05) is 18.1 Å². The summed E-state index contributed by atoms with van der Waals surface area (Å²) < 4.78 is 1.60. The SMILES string of the molecule is O=c1[nH]c(NCc2ccc(Cl)c(Cl)c2)nc2cnn(Cc3nccs3)c12. The minimum atomic E-state index is -0.263. The van der Waals surface area contributed by atoms with Gasteiger partial charge in [-0.15, -0.1) is 11.3 Å². The third kappa shape index (κ3) is 3.44. The molecule has 0 bridgehead atoms. The Morgan fingerprint density at radius 3 is 2.92 bits per heavy atom. The number of H-pyrrole nitrogens is 1. The highest BCUT2D eigenvalue weighted by atomic mass is 35.5. The lowest BCUT2D eigenvalue weighted by Crippen LogP contribution is -2.16. The molecular formula is C16H12Cl2N6OS. The smallest absolute Gasteiger partial charge is 0.278 e. The topological polar surface area (TPSA) is 88.5 Å². The van der Waals surface area contributed by atoms with Gasteiger partial charge in [0.25, 0.3) is 5.56 Å². The molecule has 0 unspecified atom stereocenters. The van der Waals surface area contributed by atoms with Crippen LogP contribution in [0.4, 0.5) is 5.95 Å². The van der Waals surface area contributed by atoms with Crippen LogP contribution in [0.3, 0.4) is 0 Å². The first-order valence-electron chi connectivity index (χ1n) is 7.62. The highest BCUT2D eigenvalue weighted by Gasteiger charge is 2.12. The van der Waals surface area contributed by atoms with Crippen molar-refractivity contribution in [3.8, 4) is 0 Å². The maximum Gasteiger partial charge on any atom is 0.278 e. The van der Waals surface area contributed by atoms with Gasteiger partial charge < -0.3 is 5.32 Å². The third-order valence-electron chi connectivity index (χ3n) is 3.71. The lowest BCUT2D eigenvalue weighted by atomic mass is 10.2. The van der Waals surface area contributed by atoms with Crippen LogP contribution >= 0.6 is 34.5 Å². The summed E-state index contributed by atoms with van der Waals surface area (Å²) in [6, 6.07) is 5.34. The van der Waals surface area contributed by atoms with Crippen LogP contribution in [0.1, 0.15) is 10.6 Å². The number of anilines is 1. The van der Waals surface area contributed by atoms with Gasteiger partial charge in [0.05, 0.1) is 22.8 Å². The molecule has 7 nitrogen and oxygen atoms in total. The van der Waals surface area contributed by atoms with Crippen molar-refractivity contribution in [3.63, 3.8) is 0 Å². The molecule has 0 aliphatic rings. The Labute approximate surface area is 161 Å². The molecule has 0 spiro atoms. The van der Waals surface area contributed by atoms with Gasteiger partial charge in [-0.25, -0.2) is 9.97 Å². The Morgan fingerprint density at radius 1 is 1.27 bits per heavy atom. The Balaban J connectivity index is 1.57. The summed E-state index contributed by atoms with van der Waals surface area (Å²) in [5.41, 5.74) is 1.59. The molecule has 0 amide bonds. The predicted octanol–water partition coefficient (Wildman–Crippen LogP) is 3.54. The van der Waals surface area contributed by atoms with E-state index in [2.05, 4.69) is 25.4 Å². The van der Waals surface area contributed by atoms with E-state index in [1.807, 2.05) is 11.4 Å². The molecule has 2 N–H and O–H groups in total. The fourth-order valence-electron chi connectivity index (χ4n) is 2.50. The molecule has 0 aliphatic carbocycles. The van der Waals surface area contributed by atoms with Crippen LogP contribution < -0.4 is 10.9 Å². The molecule has 0 saturated carbocycles. The van der Waals surface area contributed by atoms with Crippen LogP contribution in [0.2, 0.25) is 10.0 Å². The lowest BCUT2D eigenvalue weighted by Gasteiger charge is -2.07. The van der Waals surface area contributed by atoms with E-state index in [1.165, 1.54) is 11.3 Å². The van der Waals surface area contributed by atoms with Crippen LogP contribution in [-0.2, 0) is 13.1 Å². The minimum absolute atomic E-state index is 0.263. The summed E-state index contributed by atoms with van der Waals surface area (Å²) in [6.07, 6.45) is 3.29. The zero-order valence-electron chi connectivity index (χ0n) is 13.2. The molecule has 0 fully saturated rings. The molecule has 0 aliphatic heterocycles. The van der Waals surface area contributed by atoms with E-state index in [0.29, 0.717) is 40.1 Å². The molecule has 3 heterocycles. The standard InChI is InChI=1S/C16H12Cl2N6OS/c17-10-2-1-9(5-11(10)18)6-20-16-22-12-7-21-24(14(12)15(25)23-16)8-13-19-3-4-26-13/h1-5,7H,6,8H2,(H2,20,22,23,25). The van der Waals surface area contributed by atoms with E-state index in [-0.39, 0.29) is 5.56 Å². The predicted molar refractivity (Wildman–Crippen MR) is 103 cm³/mol. The van der Waals surface area contributed by atoms with E-state index in [9.17, 15) is 4.79 Å². The van der Waals surface area contributed by atoms with Crippen molar-refractivity contribution >= 4 is 51.5 Å². The molecule has 1 aromatic carbocycles. The zero-order chi connectivity index (χ0) is 18.1. The number of aromatic nitrogens is 5. The molecule has 0 saturated heterocycles. The average Bonchev–Trinajstić information content (AvgIpc) is 3.27. The number of thiazole rings is 1. The quantitative estimate of drug-likeness (QED) is 0.528. The van der Waals surface area contributed by atoms with Gasteiger partial charge in [-0.05, 0) is 17.7 Å². The molecule has 3 aromatic heterocycles. The lowest BCUT2D eigenvalue weighted by molar-refractivity contribution is 0.705. The Bertz CT molecular complexity index is 1120. The molecule has 0 radical (unpaired) electrons. The van der Waals surface area contributed by atoms with Gasteiger partial charge in [0.15, 0.2) is 5.52 Å². The van der Waals surface area contributed by atoms with Crippen molar-refractivity contribution in [3.05, 3.63) is 66.9 Å². The summed E-state index contributed by atoms with van der Waals surface area (Å²) in [7, 11) is 0. The number of nitrogens with one attached hydrogen (secondary N) is 2. The van der Waals surface area contributed by atoms with Gasteiger partial charge in [-0.1, -0.05) is 29.3 Å². The van der Waals surface area contributed by atoms with Crippen LogP contribution in [0, 0.1) is 0 Å². The average molecular weight is 407 g/mol. The van der Waals surface area contributed by atoms with Gasteiger partial charge in [-0.3, -0.25) is 14.5 Å². The number of nitrogens with zero attached hydrogens (tertiary/aromatic N) is 4. The molecule has 26 heavy (non-hydrogen) atoms. The van der Waals surface area contributed by atoms with Crippen molar-refractivity contribution in [2.75, 3.05) is 5.32 Å². The number of hydrogen-bond donors (Lipinski definition) is 2. The molecule has 10 heteroatoms. The summed E-state index contributed by atoms with van der Waals surface area (Å²) in [5, 5.41) is 11.1. The first kappa shape index (κ1) is 17.0. The van der Waals surface area contributed by atoms with Crippen LogP contribution in [0.5, 0.6) is 0 Å². The number of benzene rings is 1. The van der Waals surface area contributed by atoms with E-state index in [0.717, 1.165) is 10.6 Å². The highest BCUT2D eigenvalue weighted by molar-refractivity contribution is 7.09. The fraction of sp³-hybridized carbons (Fsp3) is 0.125. The largest absolute Gasteiger partial charge is 0.352 e. The van der Waals surface area contributed by atoms with Gasteiger partial charge >= 0.3 is 0 Å². The molecule has 132 valence electrons. The maximum atomic E-state index is 12.5. The summed E-state index contributed by atoms with van der Waals surface area (Å²) in [4.78, 5) is 23.8. The monoisotopic (exact) mass is 406 g/mol. The van der Waals surface area contributed by atoms with Gasteiger partial charge in [0.1, 0.15) is 10.5 Å². The Kier molecular flexibility index (Phi) is 4.62. The zero-order valence-corrected chi connectivity index (χ0v) is 15.6. The number of hydrogen-bond acceptors (Lipinski definition) is 6. The fourth-order valence-corrected chi connectivity index (χ4v) is 3.42. The minimum Gasteiger partial charge on any atom is -0.352 e. The van der Waals surface area contributed by atoms with Crippen molar-refractivity contribution < 1.29 is 0 Å². The summed E-state index contributed by atoms with van der Waals surface area (Å²) in [5.74, 6) is 0.363. The van der Waals surface area contributed by atoms with E-state index in [4.69, 9.17) is 23.2 Å². The van der Waals surface area contributed by atoms with Crippen molar-refractivity contribution in [2.24, 2.45) is 0 Å². The van der Waals surface area contributed by atoms with Crippen LogP contribution in [-0.4, -0.2) is 24.7 Å². The second-order valence-corrected chi connectivity index (χ2v) is 7.27. The van der Waals surface area contributed by atoms with Crippen LogP contribution in [0.15, 0.2) is 40.8 Å². The molecular weight excluding hydrogens is 395 g/mol. The Morgan fingerprint density at radius 2 is 2.15 bits per heavy atom. The second-order valence-electron chi connectivity index (χ2n) is 5.48. The normalized spacial score (nSPS) is 11.2. The molecule has 0 atom stereocenters. The number of fused-ring (bicyclic) bond motifs is 1. The van der Waals surface area contributed by atoms with Crippen LogP contribution in [0.25, 0.3) is 11.0 Å². The van der Waals surface area contributed by atoms with E-state index in [1.54, 1.807) is 29.2 Å². The van der Waals surface area contributed by atoms with E-state index >= 15 is 0 Å². The highest BCUT2D eigenvalue weighted by Crippen LogP contribution is 2.23. The molecule has 4 aromatic rings.